The molecule has 0 unspecified atom stereocenters. The molecule has 0 saturated carbocycles. The van der Waals surface area contributed by atoms with Gasteiger partial charge in [-0.3, -0.25) is 0 Å². The maximum absolute atomic E-state index is 14.2. The molecule has 4 aromatic rings. The topological polar surface area (TPSA) is 159 Å². The van der Waals surface area contributed by atoms with Gasteiger partial charge in [0.05, 0.1) is 138 Å². The van der Waals surface area contributed by atoms with Crippen molar-refractivity contribution in [3.63, 3.8) is 0 Å². The number of phenolic OH excluding ortho intramolecular Hbond substituents is 2. The Bertz CT molecular complexity index is 1800. The molecule has 14 heteroatoms. The molecule has 7 rings (SSSR count). The van der Waals surface area contributed by atoms with Crippen LogP contribution in [0.5, 0.6) is 11.5 Å². The molecule has 3 heterocycles. The van der Waals surface area contributed by atoms with Gasteiger partial charge >= 0.3 is 5.97 Å². The molecule has 0 aliphatic carbocycles. The van der Waals surface area contributed by atoms with Crippen LogP contribution >= 0.6 is 0 Å². The van der Waals surface area contributed by atoms with Crippen LogP contribution in [0.25, 0.3) is 10.8 Å². The first kappa shape index (κ1) is 42.0. The van der Waals surface area contributed by atoms with E-state index in [4.69, 9.17) is 52.1 Å². The molecule has 3 aliphatic rings. The van der Waals surface area contributed by atoms with Crippen molar-refractivity contribution in [2.24, 2.45) is 0 Å². The fraction of sp³-hybridized carbons (Fsp3) is 0.477. The third-order valence-corrected chi connectivity index (χ3v) is 10.1. The van der Waals surface area contributed by atoms with E-state index >= 15 is 0 Å². The Hall–Kier alpha value is -4.19. The number of cyclic esters (lactones) is 1. The molecule has 3 aliphatic heterocycles. The van der Waals surface area contributed by atoms with Crippen LogP contribution in [0.15, 0.2) is 60.7 Å². The van der Waals surface area contributed by atoms with Crippen molar-refractivity contribution in [3.05, 3.63) is 105 Å². The van der Waals surface area contributed by atoms with E-state index in [1.807, 2.05) is 36.4 Å². The Morgan fingerprint density at radius 1 is 0.414 bits per heavy atom. The van der Waals surface area contributed by atoms with Gasteiger partial charge in [-0.15, -0.1) is 0 Å². The molecule has 2 N–H and O–H groups in total. The highest BCUT2D eigenvalue weighted by atomic mass is 16.6. The van der Waals surface area contributed by atoms with E-state index in [9.17, 15) is 15.0 Å². The number of hydrogen-bond donors (Lipinski definition) is 2. The van der Waals surface area contributed by atoms with Gasteiger partial charge in [0.2, 0.25) is 0 Å². The highest BCUT2D eigenvalue weighted by Crippen LogP contribution is 2.50. The van der Waals surface area contributed by atoms with E-state index in [1.165, 1.54) is 0 Å². The quantitative estimate of drug-likeness (QED) is 0.264. The van der Waals surface area contributed by atoms with Gasteiger partial charge in [-0.1, -0.05) is 24.3 Å². The van der Waals surface area contributed by atoms with Gasteiger partial charge in [0.15, 0.2) is 5.60 Å². The molecule has 58 heavy (non-hydrogen) atoms. The molecule has 312 valence electrons. The molecule has 14 nitrogen and oxygen atoms in total. The number of esters is 1. The highest BCUT2D eigenvalue weighted by Gasteiger charge is 2.50. The van der Waals surface area contributed by atoms with Crippen LogP contribution < -0.4 is 0 Å². The second-order valence-electron chi connectivity index (χ2n) is 14.0. The van der Waals surface area contributed by atoms with Crippen LogP contribution in [0.1, 0.15) is 49.3 Å². The molecule has 4 bridgehead atoms. The largest absolute Gasteiger partial charge is 0.507 e. The number of rotatable bonds is 2. The van der Waals surface area contributed by atoms with Gasteiger partial charge in [0, 0.05) is 38.9 Å². The Labute approximate surface area is 337 Å². The van der Waals surface area contributed by atoms with E-state index in [-0.39, 0.29) is 64.4 Å². The van der Waals surface area contributed by atoms with Crippen LogP contribution in [-0.2, 0) is 84.1 Å². The standard InChI is InChI=1S/C44H52O14/c45-41-33-21-37(22-34(41)28-55-18-14-51-10-6-48-5-9-50-13-17-54-27-33)44(40-26-32-4-2-1-3-31(32)25-39(40)43(47)58-44)38-23-35-29-56-19-15-52-11-7-49-8-12-53-16-20-57-30-36(24-38)42(35)46/h1-4,21-26,45-46H,5-20,27-30H2. The minimum atomic E-state index is -1.56. The molecule has 0 aromatic heterocycles. The monoisotopic (exact) mass is 804 g/mol. The average Bonchev–Trinajstić information content (AvgIpc) is 3.52. The summed E-state index contributed by atoms with van der Waals surface area (Å²) in [7, 11) is 0. The Morgan fingerprint density at radius 2 is 0.724 bits per heavy atom. The van der Waals surface area contributed by atoms with Crippen LogP contribution in [0, 0.1) is 0 Å². The second kappa shape index (κ2) is 21.2. The van der Waals surface area contributed by atoms with Crippen molar-refractivity contribution < 1.29 is 67.1 Å². The molecular weight excluding hydrogens is 752 g/mol. The fourth-order valence-electron chi connectivity index (χ4n) is 7.20. The first-order valence-corrected chi connectivity index (χ1v) is 19.8. The first-order chi connectivity index (χ1) is 28.5. The van der Waals surface area contributed by atoms with Crippen molar-refractivity contribution in [2.45, 2.75) is 32.0 Å². The van der Waals surface area contributed by atoms with Gasteiger partial charge in [-0.05, 0) is 47.2 Å². The van der Waals surface area contributed by atoms with Gasteiger partial charge in [-0.2, -0.15) is 0 Å². The summed E-state index contributed by atoms with van der Waals surface area (Å²) in [5.41, 5.74) is 2.39. The number of ether oxygens (including phenoxy) is 11. The number of benzene rings is 4. The van der Waals surface area contributed by atoms with E-state index < -0.39 is 11.6 Å². The molecular formula is C44H52O14. The van der Waals surface area contributed by atoms with E-state index in [0.717, 1.165) is 10.8 Å². The van der Waals surface area contributed by atoms with Gasteiger partial charge in [0.1, 0.15) is 11.5 Å². The van der Waals surface area contributed by atoms with Crippen LogP contribution in [0.4, 0.5) is 0 Å². The number of carbonyl (C=O) groups excluding carboxylic acids is 1. The minimum Gasteiger partial charge on any atom is -0.507 e. The summed E-state index contributed by atoms with van der Waals surface area (Å²) in [6, 6.07) is 18.8. The Kier molecular flexibility index (Phi) is 15.3. The van der Waals surface area contributed by atoms with Crippen molar-refractivity contribution in [2.75, 3.05) is 106 Å². The lowest BCUT2D eigenvalue weighted by atomic mass is 9.77. The summed E-state index contributed by atoms with van der Waals surface area (Å²) in [4.78, 5) is 14.2. The van der Waals surface area contributed by atoms with Gasteiger partial charge in [-0.25, -0.2) is 4.79 Å². The third kappa shape index (κ3) is 10.3. The molecule has 0 amide bonds. The van der Waals surface area contributed by atoms with E-state index in [2.05, 4.69) is 0 Å². The number of hydrogen-bond acceptors (Lipinski definition) is 14. The SMILES string of the molecule is O=C1OC(c2cc3c(O)c(c2)COCCOCCOCCOCCOC3)(c2cc3c(O)c(c2)COCCOCCOCCOCCOC3)c2cc3ccccc3cc21. The lowest BCUT2D eigenvalue weighted by Gasteiger charge is -2.32. The number of carbonyl (C=O) groups is 1. The van der Waals surface area contributed by atoms with E-state index in [1.54, 1.807) is 24.3 Å². The molecule has 0 spiro atoms. The lowest BCUT2D eigenvalue weighted by molar-refractivity contribution is -0.0149. The molecule has 4 aromatic carbocycles. The summed E-state index contributed by atoms with van der Waals surface area (Å²) < 4.78 is 64.5. The first-order valence-electron chi connectivity index (χ1n) is 19.8. The molecule has 0 fully saturated rings. The average molecular weight is 805 g/mol. The van der Waals surface area contributed by atoms with Crippen molar-refractivity contribution in [1.29, 1.82) is 0 Å². The fourth-order valence-corrected chi connectivity index (χ4v) is 7.20. The number of fused-ring (bicyclic) bond motifs is 6. The normalized spacial score (nSPS) is 20.2. The van der Waals surface area contributed by atoms with Gasteiger partial charge in [0.25, 0.3) is 0 Å². The maximum atomic E-state index is 14.2. The van der Waals surface area contributed by atoms with Gasteiger partial charge < -0.3 is 62.3 Å². The number of phenols is 2. The third-order valence-electron chi connectivity index (χ3n) is 10.1. The van der Waals surface area contributed by atoms with Crippen molar-refractivity contribution in [1.82, 2.24) is 0 Å². The van der Waals surface area contributed by atoms with Crippen molar-refractivity contribution >= 4 is 16.7 Å². The van der Waals surface area contributed by atoms with E-state index in [0.29, 0.717) is 124 Å². The summed E-state index contributed by atoms with van der Waals surface area (Å²) in [6.07, 6.45) is 0. The Balaban J connectivity index is 1.35. The lowest BCUT2D eigenvalue weighted by Crippen LogP contribution is -2.30. The zero-order valence-electron chi connectivity index (χ0n) is 32.7. The Morgan fingerprint density at radius 3 is 1.07 bits per heavy atom. The highest BCUT2D eigenvalue weighted by molar-refractivity contribution is 6.01. The summed E-state index contributed by atoms with van der Waals surface area (Å²) in [6.45, 7) is 5.87. The molecule has 0 radical (unpaired) electrons. The molecule has 0 atom stereocenters. The van der Waals surface area contributed by atoms with Crippen molar-refractivity contribution in [3.8, 4) is 11.5 Å². The zero-order chi connectivity index (χ0) is 40.0. The van der Waals surface area contributed by atoms with Crippen LogP contribution in [-0.4, -0.2) is 122 Å². The van der Waals surface area contributed by atoms with Crippen LogP contribution in [0.3, 0.4) is 0 Å². The number of aromatic hydroxyl groups is 2. The van der Waals surface area contributed by atoms with Crippen LogP contribution in [0.2, 0.25) is 0 Å². The minimum absolute atomic E-state index is 0.00265. The zero-order valence-corrected chi connectivity index (χ0v) is 32.7. The predicted molar refractivity (Wildman–Crippen MR) is 209 cm³/mol. The summed E-state index contributed by atoms with van der Waals surface area (Å²) >= 11 is 0. The second-order valence-corrected chi connectivity index (χ2v) is 14.0. The summed E-state index contributed by atoms with van der Waals surface area (Å²) in [5.74, 6) is -0.516. The smallest absolute Gasteiger partial charge is 0.340 e. The molecule has 0 saturated heterocycles. The summed E-state index contributed by atoms with van der Waals surface area (Å²) in [5, 5.41) is 25.1. The maximum Gasteiger partial charge on any atom is 0.340 e. The predicted octanol–water partition coefficient (Wildman–Crippen LogP) is 4.91.